The summed E-state index contributed by atoms with van der Waals surface area (Å²) in [4.78, 5) is 17.2. The first-order valence-corrected chi connectivity index (χ1v) is 8.42. The summed E-state index contributed by atoms with van der Waals surface area (Å²) in [5.41, 5.74) is 3.70. The molecule has 4 heterocycles. The Labute approximate surface area is 149 Å². The van der Waals surface area contributed by atoms with Crippen molar-refractivity contribution in [1.29, 1.82) is 0 Å². The smallest absolute Gasteiger partial charge is 0.252 e. The summed E-state index contributed by atoms with van der Waals surface area (Å²) in [6.45, 7) is 4.23. The van der Waals surface area contributed by atoms with E-state index in [1.54, 1.807) is 10.7 Å². The van der Waals surface area contributed by atoms with E-state index in [0.29, 0.717) is 18.5 Å². The lowest BCUT2D eigenvalue weighted by Gasteiger charge is -2.07. The highest BCUT2D eigenvalue weighted by atomic mass is 16.1. The van der Waals surface area contributed by atoms with Crippen LogP contribution in [-0.2, 0) is 13.5 Å². The van der Waals surface area contributed by atoms with Crippen LogP contribution >= 0.6 is 0 Å². The van der Waals surface area contributed by atoms with Crippen molar-refractivity contribution in [3.8, 4) is 0 Å². The lowest BCUT2D eigenvalue weighted by atomic mass is 10.1. The fourth-order valence-electron chi connectivity index (χ4n) is 3.19. The number of carbonyl (C=O) groups excluding carboxylic acids is 1. The topological polar surface area (TPSA) is 90.0 Å². The number of hydrogen-bond acceptors (Lipinski definition) is 5. The minimum absolute atomic E-state index is 0.134. The first-order valence-electron chi connectivity index (χ1n) is 8.42. The molecule has 8 nitrogen and oxygen atoms in total. The van der Waals surface area contributed by atoms with Crippen LogP contribution in [0.2, 0.25) is 0 Å². The van der Waals surface area contributed by atoms with Gasteiger partial charge in [-0.1, -0.05) is 6.07 Å². The Morgan fingerprint density at radius 3 is 2.92 bits per heavy atom. The summed E-state index contributed by atoms with van der Waals surface area (Å²) < 4.78 is 3.63. The Morgan fingerprint density at radius 2 is 2.08 bits per heavy atom. The molecule has 1 N–H and O–H groups in total. The molecule has 4 aromatic heterocycles. The maximum absolute atomic E-state index is 12.7. The van der Waals surface area contributed by atoms with E-state index in [0.717, 1.165) is 33.9 Å². The summed E-state index contributed by atoms with van der Waals surface area (Å²) in [6, 6.07) is 7.55. The van der Waals surface area contributed by atoms with Gasteiger partial charge in [-0.15, -0.1) is 10.2 Å². The number of hydrogen-bond donors (Lipinski definition) is 1. The van der Waals surface area contributed by atoms with Gasteiger partial charge in [0.15, 0.2) is 11.3 Å². The monoisotopic (exact) mass is 349 g/mol. The molecule has 1 amide bonds. The molecule has 0 aliphatic carbocycles. The molecule has 0 bridgehead atoms. The van der Waals surface area contributed by atoms with Crippen LogP contribution in [0.4, 0.5) is 0 Å². The third-order valence-corrected chi connectivity index (χ3v) is 4.36. The molecular formula is C18H19N7O. The summed E-state index contributed by atoms with van der Waals surface area (Å²) >= 11 is 0. The first-order chi connectivity index (χ1) is 12.5. The maximum atomic E-state index is 12.7. The van der Waals surface area contributed by atoms with E-state index in [2.05, 4.69) is 25.6 Å². The van der Waals surface area contributed by atoms with Gasteiger partial charge in [-0.25, -0.2) is 4.98 Å². The minimum atomic E-state index is -0.134. The second-order valence-electron chi connectivity index (χ2n) is 6.27. The maximum Gasteiger partial charge on any atom is 0.252 e. The van der Waals surface area contributed by atoms with Crippen molar-refractivity contribution in [3.63, 3.8) is 0 Å². The van der Waals surface area contributed by atoms with Crippen molar-refractivity contribution in [2.75, 3.05) is 6.54 Å². The van der Waals surface area contributed by atoms with E-state index in [1.807, 2.05) is 49.7 Å². The van der Waals surface area contributed by atoms with E-state index in [9.17, 15) is 4.79 Å². The number of nitrogens with one attached hydrogen (secondary N) is 1. The van der Waals surface area contributed by atoms with Gasteiger partial charge in [-0.2, -0.15) is 5.10 Å². The Hall–Kier alpha value is -3.29. The van der Waals surface area contributed by atoms with Crippen molar-refractivity contribution in [2.24, 2.45) is 7.05 Å². The standard InChI is InChI=1S/C18H19N7O/c1-11-10-13(16-12(2)23-24(3)17(16)20-11)18(26)19-8-7-15-22-21-14-6-4-5-9-25(14)15/h4-6,9-10H,7-8H2,1-3H3,(H,19,26). The SMILES string of the molecule is Cc1cc(C(=O)NCCc2nnc3ccccn23)c2c(C)nn(C)c2n1. The van der Waals surface area contributed by atoms with Crippen molar-refractivity contribution in [1.82, 2.24) is 34.7 Å². The fourth-order valence-corrected chi connectivity index (χ4v) is 3.19. The Morgan fingerprint density at radius 1 is 1.23 bits per heavy atom. The number of pyridine rings is 2. The summed E-state index contributed by atoms with van der Waals surface area (Å²) in [6.07, 6.45) is 2.51. The predicted molar refractivity (Wildman–Crippen MR) is 97.0 cm³/mol. The van der Waals surface area contributed by atoms with Gasteiger partial charge in [0.25, 0.3) is 5.91 Å². The number of carbonyl (C=O) groups is 1. The van der Waals surface area contributed by atoms with Crippen molar-refractivity contribution >= 4 is 22.6 Å². The van der Waals surface area contributed by atoms with Gasteiger partial charge in [0.2, 0.25) is 0 Å². The lowest BCUT2D eigenvalue weighted by Crippen LogP contribution is -2.26. The van der Waals surface area contributed by atoms with E-state index < -0.39 is 0 Å². The Bertz CT molecular complexity index is 1130. The van der Waals surface area contributed by atoms with Gasteiger partial charge in [0.1, 0.15) is 5.82 Å². The van der Waals surface area contributed by atoms with Crippen LogP contribution in [0.25, 0.3) is 16.7 Å². The third-order valence-electron chi connectivity index (χ3n) is 4.36. The second kappa shape index (κ2) is 6.21. The molecule has 0 unspecified atom stereocenters. The summed E-state index contributed by atoms with van der Waals surface area (Å²) in [7, 11) is 1.83. The van der Waals surface area contributed by atoms with Crippen LogP contribution in [0.5, 0.6) is 0 Å². The fraction of sp³-hybridized carbons (Fsp3) is 0.278. The number of aromatic nitrogens is 6. The van der Waals surface area contributed by atoms with E-state index in [4.69, 9.17) is 0 Å². The van der Waals surface area contributed by atoms with Crippen LogP contribution in [0.1, 0.15) is 27.6 Å². The molecule has 0 saturated carbocycles. The zero-order chi connectivity index (χ0) is 18.3. The van der Waals surface area contributed by atoms with E-state index >= 15 is 0 Å². The van der Waals surface area contributed by atoms with Crippen LogP contribution in [0.15, 0.2) is 30.5 Å². The molecule has 132 valence electrons. The average Bonchev–Trinajstić information content (AvgIpc) is 3.15. The second-order valence-corrected chi connectivity index (χ2v) is 6.27. The first kappa shape index (κ1) is 16.2. The van der Waals surface area contributed by atoms with Crippen molar-refractivity contribution < 1.29 is 4.79 Å². The highest BCUT2D eigenvalue weighted by Crippen LogP contribution is 2.21. The number of amides is 1. The largest absolute Gasteiger partial charge is 0.352 e. The van der Waals surface area contributed by atoms with Crippen LogP contribution in [0.3, 0.4) is 0 Å². The molecule has 0 fully saturated rings. The van der Waals surface area contributed by atoms with Crippen LogP contribution in [-0.4, -0.2) is 41.8 Å². The van der Waals surface area contributed by atoms with Gasteiger partial charge >= 0.3 is 0 Å². The van der Waals surface area contributed by atoms with E-state index in [-0.39, 0.29) is 5.91 Å². The van der Waals surface area contributed by atoms with Crippen LogP contribution < -0.4 is 5.32 Å². The zero-order valence-electron chi connectivity index (χ0n) is 14.9. The Kier molecular flexibility index (Phi) is 3.87. The zero-order valence-corrected chi connectivity index (χ0v) is 14.9. The summed E-state index contributed by atoms with van der Waals surface area (Å²) in [5, 5.41) is 16.5. The molecular weight excluding hydrogens is 330 g/mol. The molecule has 0 saturated heterocycles. The van der Waals surface area contributed by atoms with Crippen molar-refractivity contribution in [3.05, 3.63) is 53.2 Å². The minimum Gasteiger partial charge on any atom is -0.352 e. The quantitative estimate of drug-likeness (QED) is 0.604. The number of fused-ring (bicyclic) bond motifs is 2. The van der Waals surface area contributed by atoms with Gasteiger partial charge in [0, 0.05) is 31.9 Å². The van der Waals surface area contributed by atoms with Crippen molar-refractivity contribution in [2.45, 2.75) is 20.3 Å². The number of aryl methyl sites for hydroxylation is 3. The van der Waals surface area contributed by atoms with Gasteiger partial charge in [-0.3, -0.25) is 13.9 Å². The molecule has 8 heteroatoms. The average molecular weight is 349 g/mol. The van der Waals surface area contributed by atoms with Gasteiger partial charge < -0.3 is 5.32 Å². The molecule has 4 rings (SSSR count). The number of nitrogens with zero attached hydrogens (tertiary/aromatic N) is 6. The lowest BCUT2D eigenvalue weighted by molar-refractivity contribution is 0.0955. The van der Waals surface area contributed by atoms with E-state index in [1.165, 1.54) is 0 Å². The van der Waals surface area contributed by atoms with Crippen LogP contribution in [0, 0.1) is 13.8 Å². The molecule has 0 spiro atoms. The highest BCUT2D eigenvalue weighted by molar-refractivity contribution is 6.06. The molecule has 4 aromatic rings. The summed E-state index contributed by atoms with van der Waals surface area (Å²) in [5.74, 6) is 0.680. The normalized spacial score (nSPS) is 11.3. The van der Waals surface area contributed by atoms with Gasteiger partial charge in [-0.05, 0) is 32.0 Å². The molecule has 0 aromatic carbocycles. The third kappa shape index (κ3) is 2.69. The molecule has 0 aliphatic heterocycles. The Balaban J connectivity index is 1.55. The molecule has 0 radical (unpaired) electrons. The molecule has 26 heavy (non-hydrogen) atoms. The van der Waals surface area contributed by atoms with Gasteiger partial charge in [0.05, 0.1) is 16.6 Å². The molecule has 0 aliphatic rings. The number of rotatable bonds is 4. The highest BCUT2D eigenvalue weighted by Gasteiger charge is 2.17. The molecule has 0 atom stereocenters. The predicted octanol–water partition coefficient (Wildman–Crippen LogP) is 1.60.